The Kier molecular flexibility index (Phi) is 6.91. The van der Waals surface area contributed by atoms with Gasteiger partial charge in [-0.05, 0) is 83.9 Å². The molecule has 4 amide bonds. The Hall–Kier alpha value is -5.44. The first kappa shape index (κ1) is 29.9. The third kappa shape index (κ3) is 4.23. The maximum atomic E-state index is 14.1. The number of fused-ring (bicyclic) bond motifs is 4. The van der Waals surface area contributed by atoms with Gasteiger partial charge < -0.3 is 0 Å². The van der Waals surface area contributed by atoms with Crippen molar-refractivity contribution in [2.75, 3.05) is 7.05 Å². The summed E-state index contributed by atoms with van der Waals surface area (Å²) in [4.78, 5) is 60.7. The van der Waals surface area contributed by atoms with Crippen LogP contribution in [0.4, 0.5) is 0 Å². The number of carbonyl (C=O) groups excluding carboxylic acids is 4. The van der Waals surface area contributed by atoms with Crippen molar-refractivity contribution >= 4 is 66.7 Å². The van der Waals surface area contributed by atoms with Crippen LogP contribution in [0, 0.1) is 0 Å². The lowest BCUT2D eigenvalue weighted by atomic mass is 9.90. The van der Waals surface area contributed by atoms with E-state index in [2.05, 4.69) is 5.32 Å². The summed E-state index contributed by atoms with van der Waals surface area (Å²) in [5.74, 6) is -1.43. The Balaban J connectivity index is 1.09. The van der Waals surface area contributed by atoms with Crippen LogP contribution >= 0.6 is 0 Å². The van der Waals surface area contributed by atoms with Crippen LogP contribution in [0.1, 0.15) is 68.6 Å². The van der Waals surface area contributed by atoms with Crippen LogP contribution in [0.15, 0.2) is 97.1 Å². The number of amides is 4. The van der Waals surface area contributed by atoms with E-state index in [1.165, 1.54) is 9.80 Å². The van der Waals surface area contributed by atoms with E-state index in [1.807, 2.05) is 111 Å². The number of hydrogen-bond acceptors (Lipinski definition) is 6. The molecule has 0 saturated carbocycles. The van der Waals surface area contributed by atoms with Gasteiger partial charge >= 0.3 is 0 Å². The molecule has 8 rings (SSSR count). The molecule has 0 aromatic heterocycles. The van der Waals surface area contributed by atoms with Crippen LogP contribution in [-0.4, -0.2) is 63.9 Å². The van der Waals surface area contributed by atoms with Gasteiger partial charge in [-0.3, -0.25) is 39.2 Å². The first-order valence-electron chi connectivity index (χ1n) is 16.3. The van der Waals surface area contributed by atoms with Crippen molar-refractivity contribution in [1.82, 2.24) is 20.0 Å². The largest absolute Gasteiger partial charge is 0.281 e. The molecular formula is C40H34N4O4. The molecule has 3 atom stereocenters. The summed E-state index contributed by atoms with van der Waals surface area (Å²) in [5, 5.41) is 10.4. The standard InChI is InChI=1S/C40H34N4O4/c1-5-34(41-22(2)43-37(45)30-18-10-16-28-26-14-8-6-12-24(26)20-32(35(28)30)39(43)47)42(4)23(3)44-38(46)31-19-11-17-29-27-15-9-7-13-25(27)21-33(36(29)31)40(44)48/h6-23,34,41H,5H2,1-4H3. The molecule has 0 fully saturated rings. The predicted octanol–water partition coefficient (Wildman–Crippen LogP) is 7.14. The fourth-order valence-corrected chi connectivity index (χ4v) is 7.73. The highest BCUT2D eigenvalue weighted by Gasteiger charge is 2.41. The van der Waals surface area contributed by atoms with E-state index in [0.29, 0.717) is 39.4 Å². The number of benzene rings is 6. The highest BCUT2D eigenvalue weighted by Crippen LogP contribution is 2.38. The Morgan fingerprint density at radius 2 is 1.02 bits per heavy atom. The maximum absolute atomic E-state index is 14.1. The van der Waals surface area contributed by atoms with Crippen LogP contribution in [0.3, 0.4) is 0 Å². The minimum Gasteiger partial charge on any atom is -0.281 e. The monoisotopic (exact) mass is 634 g/mol. The second kappa shape index (κ2) is 11.1. The van der Waals surface area contributed by atoms with Crippen molar-refractivity contribution in [2.45, 2.75) is 45.7 Å². The summed E-state index contributed by atoms with van der Waals surface area (Å²) in [6, 6.07) is 30.7. The molecule has 3 unspecified atom stereocenters. The summed E-state index contributed by atoms with van der Waals surface area (Å²) in [5.41, 5.74) is 1.97. The third-order valence-electron chi connectivity index (χ3n) is 10.2. The molecule has 0 saturated heterocycles. The van der Waals surface area contributed by atoms with Crippen molar-refractivity contribution in [3.05, 3.63) is 119 Å². The number of nitrogens with zero attached hydrogens (tertiary/aromatic N) is 3. The molecular weight excluding hydrogens is 600 g/mol. The van der Waals surface area contributed by atoms with Crippen LogP contribution in [0.5, 0.6) is 0 Å². The maximum Gasteiger partial charge on any atom is 0.262 e. The molecule has 8 heteroatoms. The minimum atomic E-state index is -0.687. The molecule has 48 heavy (non-hydrogen) atoms. The zero-order chi connectivity index (χ0) is 33.4. The van der Waals surface area contributed by atoms with Gasteiger partial charge in [0.25, 0.3) is 23.6 Å². The number of imide groups is 2. The molecule has 0 radical (unpaired) electrons. The Bertz CT molecular complexity index is 2380. The van der Waals surface area contributed by atoms with Crippen LogP contribution in [0.2, 0.25) is 0 Å². The lowest BCUT2D eigenvalue weighted by Crippen LogP contribution is -2.61. The molecule has 238 valence electrons. The van der Waals surface area contributed by atoms with Crippen molar-refractivity contribution in [3.63, 3.8) is 0 Å². The molecule has 2 heterocycles. The number of rotatable bonds is 7. The summed E-state index contributed by atoms with van der Waals surface area (Å²) in [6.07, 6.45) is -1.14. The molecule has 6 aromatic rings. The van der Waals surface area contributed by atoms with E-state index < -0.39 is 18.5 Å². The van der Waals surface area contributed by atoms with Gasteiger partial charge in [-0.2, -0.15) is 0 Å². The van der Waals surface area contributed by atoms with Crippen LogP contribution in [-0.2, 0) is 0 Å². The minimum absolute atomic E-state index is 0.352. The molecule has 2 aliphatic heterocycles. The number of carbonyl (C=O) groups is 4. The predicted molar refractivity (Wildman–Crippen MR) is 188 cm³/mol. The van der Waals surface area contributed by atoms with E-state index in [4.69, 9.17) is 0 Å². The van der Waals surface area contributed by atoms with Crippen LogP contribution < -0.4 is 5.32 Å². The first-order valence-corrected chi connectivity index (χ1v) is 16.3. The summed E-state index contributed by atoms with van der Waals surface area (Å²) in [6.45, 7) is 5.61. The number of hydrogen-bond donors (Lipinski definition) is 1. The fraction of sp³-hybridized carbons (Fsp3) is 0.200. The number of nitrogens with one attached hydrogen (secondary N) is 1. The molecule has 6 aromatic carbocycles. The van der Waals surface area contributed by atoms with E-state index in [-0.39, 0.29) is 23.6 Å². The lowest BCUT2D eigenvalue weighted by molar-refractivity contribution is 0.0153. The lowest BCUT2D eigenvalue weighted by Gasteiger charge is -2.42. The SMILES string of the molecule is CCC(NC(C)N1C(=O)c2cccc3c2c(cc2ccccc23)C1=O)N(C)C(C)N1C(=O)c2cccc3c2c(cc2ccccc23)C1=O. The highest BCUT2D eigenvalue weighted by molar-refractivity contribution is 6.30. The molecule has 2 aliphatic rings. The Morgan fingerprint density at radius 3 is 1.54 bits per heavy atom. The smallest absolute Gasteiger partial charge is 0.262 e. The summed E-state index contributed by atoms with van der Waals surface area (Å²) in [7, 11) is 1.84. The second-order valence-electron chi connectivity index (χ2n) is 12.8. The van der Waals surface area contributed by atoms with Crippen molar-refractivity contribution in [3.8, 4) is 0 Å². The average Bonchev–Trinajstić information content (AvgIpc) is 3.11. The summed E-state index contributed by atoms with van der Waals surface area (Å²) >= 11 is 0. The van der Waals surface area contributed by atoms with E-state index in [9.17, 15) is 19.2 Å². The van der Waals surface area contributed by atoms with Gasteiger partial charge in [0.2, 0.25) is 0 Å². The van der Waals surface area contributed by atoms with Gasteiger partial charge in [0.1, 0.15) is 0 Å². The van der Waals surface area contributed by atoms with Gasteiger partial charge in [0.05, 0.1) is 18.5 Å². The van der Waals surface area contributed by atoms with E-state index in [1.54, 1.807) is 19.1 Å². The summed E-state index contributed by atoms with van der Waals surface area (Å²) < 4.78 is 0. The topological polar surface area (TPSA) is 90.0 Å². The molecule has 1 N–H and O–H groups in total. The fourth-order valence-electron chi connectivity index (χ4n) is 7.73. The zero-order valence-corrected chi connectivity index (χ0v) is 27.2. The molecule has 0 spiro atoms. The molecule has 0 bridgehead atoms. The van der Waals surface area contributed by atoms with E-state index in [0.717, 1.165) is 32.3 Å². The second-order valence-corrected chi connectivity index (χ2v) is 12.8. The quantitative estimate of drug-likeness (QED) is 0.114. The normalized spacial score (nSPS) is 16.5. The average molecular weight is 635 g/mol. The van der Waals surface area contributed by atoms with Gasteiger partial charge in [0, 0.05) is 33.0 Å². The van der Waals surface area contributed by atoms with Gasteiger partial charge in [0.15, 0.2) is 0 Å². The molecule has 8 nitrogen and oxygen atoms in total. The molecule has 0 aliphatic carbocycles. The van der Waals surface area contributed by atoms with Crippen molar-refractivity contribution in [1.29, 1.82) is 0 Å². The van der Waals surface area contributed by atoms with Crippen LogP contribution in [0.25, 0.3) is 43.1 Å². The van der Waals surface area contributed by atoms with Gasteiger partial charge in [-0.1, -0.05) is 79.7 Å². The highest BCUT2D eigenvalue weighted by atomic mass is 16.2. The Labute approximate surface area is 277 Å². The Morgan fingerprint density at radius 1 is 0.583 bits per heavy atom. The van der Waals surface area contributed by atoms with Gasteiger partial charge in [-0.15, -0.1) is 0 Å². The van der Waals surface area contributed by atoms with Crippen molar-refractivity contribution < 1.29 is 19.2 Å². The zero-order valence-electron chi connectivity index (χ0n) is 27.2. The first-order chi connectivity index (χ1) is 23.2. The van der Waals surface area contributed by atoms with E-state index >= 15 is 0 Å². The van der Waals surface area contributed by atoms with Crippen molar-refractivity contribution in [2.24, 2.45) is 0 Å². The third-order valence-corrected chi connectivity index (χ3v) is 10.2. The van der Waals surface area contributed by atoms with Gasteiger partial charge in [-0.25, -0.2) is 0 Å².